The summed E-state index contributed by atoms with van der Waals surface area (Å²) in [6.45, 7) is 0.105. The summed E-state index contributed by atoms with van der Waals surface area (Å²) in [5, 5.41) is 9.34. The van der Waals surface area contributed by atoms with Crippen LogP contribution in [0.25, 0.3) is 0 Å². The highest BCUT2D eigenvalue weighted by molar-refractivity contribution is 6.30. The molecule has 1 atom stereocenters. The van der Waals surface area contributed by atoms with E-state index in [1.165, 1.54) is 0 Å². The average Bonchev–Trinajstić information content (AvgIpc) is 2.05. The first-order chi connectivity index (χ1) is 5.74. The summed E-state index contributed by atoms with van der Waals surface area (Å²) in [6.07, 6.45) is 0.570. The molecule has 0 fully saturated rings. The third-order valence-electron chi connectivity index (χ3n) is 1.72. The van der Waals surface area contributed by atoms with Crippen LogP contribution in [-0.4, -0.2) is 11.7 Å². The van der Waals surface area contributed by atoms with Crippen LogP contribution >= 0.6 is 24.0 Å². The van der Waals surface area contributed by atoms with Crippen molar-refractivity contribution >= 4 is 24.0 Å². The van der Waals surface area contributed by atoms with Crippen LogP contribution in [0.4, 0.5) is 0 Å². The maximum atomic E-state index is 8.65. The number of halogens is 2. The van der Waals surface area contributed by atoms with Crippen molar-refractivity contribution < 1.29 is 5.11 Å². The van der Waals surface area contributed by atoms with E-state index in [1.807, 2.05) is 18.2 Å². The van der Waals surface area contributed by atoms with Gasteiger partial charge in [-0.1, -0.05) is 23.7 Å². The molecule has 0 heterocycles. The molecule has 0 aromatic heterocycles. The van der Waals surface area contributed by atoms with Crippen molar-refractivity contribution in [3.63, 3.8) is 0 Å². The Kier molecular flexibility index (Phi) is 6.08. The van der Waals surface area contributed by atoms with Crippen molar-refractivity contribution in [3.05, 3.63) is 34.9 Å². The molecule has 3 N–H and O–H groups in total. The van der Waals surface area contributed by atoms with Crippen LogP contribution in [0.3, 0.4) is 0 Å². The smallest absolute Gasteiger partial charge is 0.0449 e. The van der Waals surface area contributed by atoms with E-state index >= 15 is 0 Å². The number of aliphatic hydroxyl groups is 1. The van der Waals surface area contributed by atoms with E-state index in [-0.39, 0.29) is 25.1 Å². The molecule has 0 aliphatic heterocycles. The summed E-state index contributed by atoms with van der Waals surface area (Å²) in [4.78, 5) is 0. The predicted molar refractivity (Wildman–Crippen MR) is 57.3 cm³/mol. The number of rotatable bonds is 3. The third kappa shape index (κ3) is 3.96. The molecule has 0 spiro atoms. The van der Waals surface area contributed by atoms with Gasteiger partial charge in [0, 0.05) is 17.7 Å². The Bertz CT molecular complexity index is 255. The first-order valence-electron chi connectivity index (χ1n) is 3.86. The van der Waals surface area contributed by atoms with Crippen molar-refractivity contribution in [2.45, 2.75) is 12.5 Å². The molecule has 0 aliphatic carbocycles. The Labute approximate surface area is 89.1 Å². The topological polar surface area (TPSA) is 46.2 Å². The molecule has 0 radical (unpaired) electrons. The maximum absolute atomic E-state index is 8.65. The normalized spacial score (nSPS) is 11.9. The molecule has 1 aromatic rings. The fourth-order valence-corrected chi connectivity index (χ4v) is 1.24. The summed E-state index contributed by atoms with van der Waals surface area (Å²) in [6, 6.07) is 7.27. The molecule has 4 heteroatoms. The van der Waals surface area contributed by atoms with Gasteiger partial charge in [-0.2, -0.15) is 0 Å². The number of nitrogens with two attached hydrogens (primary N) is 1. The highest BCUT2D eigenvalue weighted by Gasteiger charge is 2.04. The lowest BCUT2D eigenvalue weighted by atomic mass is 10.1. The number of hydrogen-bond acceptors (Lipinski definition) is 2. The molecule has 0 saturated carbocycles. The minimum atomic E-state index is -0.117. The molecule has 1 rings (SSSR count). The zero-order valence-electron chi connectivity index (χ0n) is 7.11. The van der Waals surface area contributed by atoms with Gasteiger partial charge in [-0.3, -0.25) is 0 Å². The lowest BCUT2D eigenvalue weighted by Gasteiger charge is -2.09. The lowest BCUT2D eigenvalue weighted by Crippen LogP contribution is -2.11. The van der Waals surface area contributed by atoms with Crippen LogP contribution in [0.1, 0.15) is 18.0 Å². The van der Waals surface area contributed by atoms with Gasteiger partial charge in [-0.15, -0.1) is 12.4 Å². The van der Waals surface area contributed by atoms with Crippen molar-refractivity contribution in [2.75, 3.05) is 6.61 Å². The minimum Gasteiger partial charge on any atom is -0.396 e. The van der Waals surface area contributed by atoms with Gasteiger partial charge in [-0.25, -0.2) is 0 Å². The van der Waals surface area contributed by atoms with Crippen molar-refractivity contribution in [3.8, 4) is 0 Å². The van der Waals surface area contributed by atoms with Crippen molar-refractivity contribution in [1.82, 2.24) is 0 Å². The highest BCUT2D eigenvalue weighted by atomic mass is 35.5. The SMILES string of the molecule is Cl.NC(CCO)c1cccc(Cl)c1. The predicted octanol–water partition coefficient (Wildman–Crippen LogP) is 2.14. The first-order valence-corrected chi connectivity index (χ1v) is 4.23. The Morgan fingerprint density at radius 1 is 1.46 bits per heavy atom. The first kappa shape index (κ1) is 12.7. The van der Waals surface area contributed by atoms with Crippen LogP contribution in [0.2, 0.25) is 5.02 Å². The van der Waals surface area contributed by atoms with E-state index in [9.17, 15) is 0 Å². The molecule has 0 amide bonds. The van der Waals surface area contributed by atoms with Gasteiger partial charge < -0.3 is 10.8 Å². The van der Waals surface area contributed by atoms with E-state index in [2.05, 4.69) is 0 Å². The molecule has 74 valence electrons. The summed E-state index contributed by atoms with van der Waals surface area (Å²) >= 11 is 5.77. The van der Waals surface area contributed by atoms with Gasteiger partial charge in [0.15, 0.2) is 0 Å². The maximum Gasteiger partial charge on any atom is 0.0449 e. The molecule has 0 saturated heterocycles. The van der Waals surface area contributed by atoms with Crippen LogP contribution in [0, 0.1) is 0 Å². The molecule has 1 aromatic carbocycles. The van der Waals surface area contributed by atoms with Crippen molar-refractivity contribution in [2.24, 2.45) is 5.73 Å². The monoisotopic (exact) mass is 221 g/mol. The zero-order chi connectivity index (χ0) is 8.97. The molecule has 2 nitrogen and oxygen atoms in total. The Morgan fingerprint density at radius 2 is 2.15 bits per heavy atom. The molecule has 0 bridgehead atoms. The second-order valence-corrected chi connectivity index (χ2v) is 3.11. The second kappa shape index (κ2) is 6.22. The van der Waals surface area contributed by atoms with E-state index in [0.29, 0.717) is 11.4 Å². The fraction of sp³-hybridized carbons (Fsp3) is 0.333. The minimum absolute atomic E-state index is 0. The summed E-state index contributed by atoms with van der Waals surface area (Å²) < 4.78 is 0. The molecule has 0 aliphatic rings. The lowest BCUT2D eigenvalue weighted by molar-refractivity contribution is 0.276. The molecular formula is C9H13Cl2NO. The van der Waals surface area contributed by atoms with Crippen LogP contribution in [0.15, 0.2) is 24.3 Å². The summed E-state index contributed by atoms with van der Waals surface area (Å²) in [7, 11) is 0. The Morgan fingerprint density at radius 3 is 2.69 bits per heavy atom. The van der Waals surface area contributed by atoms with Gasteiger partial charge in [-0.05, 0) is 24.1 Å². The van der Waals surface area contributed by atoms with E-state index in [4.69, 9.17) is 22.4 Å². The highest BCUT2D eigenvalue weighted by Crippen LogP contribution is 2.17. The summed E-state index contributed by atoms with van der Waals surface area (Å²) in [5.74, 6) is 0. The molecule has 1 unspecified atom stereocenters. The Hall–Kier alpha value is -0.280. The fourth-order valence-electron chi connectivity index (χ4n) is 1.04. The van der Waals surface area contributed by atoms with Gasteiger partial charge >= 0.3 is 0 Å². The number of aliphatic hydroxyl groups excluding tert-OH is 1. The van der Waals surface area contributed by atoms with Crippen LogP contribution in [0.5, 0.6) is 0 Å². The zero-order valence-corrected chi connectivity index (χ0v) is 8.68. The second-order valence-electron chi connectivity index (χ2n) is 2.67. The van der Waals surface area contributed by atoms with Gasteiger partial charge in [0.05, 0.1) is 0 Å². The molecule has 13 heavy (non-hydrogen) atoms. The van der Waals surface area contributed by atoms with Gasteiger partial charge in [0.2, 0.25) is 0 Å². The summed E-state index contributed by atoms with van der Waals surface area (Å²) in [5.41, 5.74) is 6.72. The van der Waals surface area contributed by atoms with Crippen LogP contribution in [-0.2, 0) is 0 Å². The third-order valence-corrected chi connectivity index (χ3v) is 1.95. The van der Waals surface area contributed by atoms with Gasteiger partial charge in [0.1, 0.15) is 0 Å². The quantitative estimate of drug-likeness (QED) is 0.822. The van der Waals surface area contributed by atoms with Crippen molar-refractivity contribution in [1.29, 1.82) is 0 Å². The van der Waals surface area contributed by atoms with E-state index < -0.39 is 0 Å². The standard InChI is InChI=1S/C9H12ClNO.ClH/c10-8-3-1-2-7(6-8)9(11)4-5-12;/h1-3,6,9,12H,4-5,11H2;1H. The number of benzene rings is 1. The van der Waals surface area contributed by atoms with Gasteiger partial charge in [0.25, 0.3) is 0 Å². The molecular weight excluding hydrogens is 209 g/mol. The van der Waals surface area contributed by atoms with E-state index in [0.717, 1.165) is 5.56 Å². The number of hydrogen-bond donors (Lipinski definition) is 2. The Balaban J connectivity index is 0.00000144. The average molecular weight is 222 g/mol. The van der Waals surface area contributed by atoms with E-state index in [1.54, 1.807) is 6.07 Å². The van der Waals surface area contributed by atoms with Crippen LogP contribution < -0.4 is 5.73 Å². The largest absolute Gasteiger partial charge is 0.396 e.